The van der Waals surface area contributed by atoms with E-state index in [0.29, 0.717) is 0 Å². The summed E-state index contributed by atoms with van der Waals surface area (Å²) in [6.45, 7) is 7.10. The predicted molar refractivity (Wildman–Crippen MR) is 145 cm³/mol. The Morgan fingerprint density at radius 2 is 0.638 bits per heavy atom. The van der Waals surface area contributed by atoms with Crippen LogP contribution in [0.1, 0.15) is 55.4 Å². The Bertz CT molecular complexity index is 1110. The molecule has 2 saturated heterocycles. The summed E-state index contributed by atoms with van der Waals surface area (Å²) in [6.07, 6.45) is -16.3. The third-order valence-electron chi connectivity index (χ3n) is 6.16. The highest BCUT2D eigenvalue weighted by atomic mass is 16.8. The molecule has 0 spiro atoms. The van der Waals surface area contributed by atoms with Crippen LogP contribution < -0.4 is 0 Å². The lowest BCUT2D eigenvalue weighted by Crippen LogP contribution is -2.66. The SMILES string of the molecule is CC(=O)OC[C@@H]1O[C@@H](O[C@H]2O[C@H](COC(C)=O)[C@@H](OC(C)=O)[C@H](OC(C)=O)[C@H]2OC(C)=O)[C@@H](OC(C)=O)[C@H](OC(C)=O)[C@H]1OC(C)=O. The molecule has 19 nitrogen and oxygen atoms in total. The molecule has 19 heteroatoms. The monoisotopic (exact) mass is 678 g/mol. The largest absolute Gasteiger partial charge is 0.463 e. The smallest absolute Gasteiger partial charge is 0.303 e. The van der Waals surface area contributed by atoms with Crippen LogP contribution in [0, 0.1) is 0 Å². The van der Waals surface area contributed by atoms with Crippen LogP contribution in [0.2, 0.25) is 0 Å². The van der Waals surface area contributed by atoms with Gasteiger partial charge in [0.05, 0.1) is 0 Å². The normalized spacial score (nSPS) is 30.0. The zero-order valence-corrected chi connectivity index (χ0v) is 26.9. The summed E-state index contributed by atoms with van der Waals surface area (Å²) < 4.78 is 60.1. The van der Waals surface area contributed by atoms with Gasteiger partial charge >= 0.3 is 47.8 Å². The first-order chi connectivity index (χ1) is 21.9. The van der Waals surface area contributed by atoms with Crippen LogP contribution in [0.3, 0.4) is 0 Å². The first kappa shape index (κ1) is 38.8. The van der Waals surface area contributed by atoms with Gasteiger partial charge in [-0.05, 0) is 0 Å². The van der Waals surface area contributed by atoms with Gasteiger partial charge in [-0.15, -0.1) is 0 Å². The van der Waals surface area contributed by atoms with E-state index in [1.54, 1.807) is 0 Å². The van der Waals surface area contributed by atoms with Crippen molar-refractivity contribution in [1.29, 1.82) is 0 Å². The van der Waals surface area contributed by atoms with E-state index in [4.69, 9.17) is 52.1 Å². The maximum Gasteiger partial charge on any atom is 0.303 e. The highest BCUT2D eigenvalue weighted by Gasteiger charge is 2.57. The van der Waals surface area contributed by atoms with Crippen LogP contribution in [0.4, 0.5) is 0 Å². The van der Waals surface area contributed by atoms with E-state index in [-0.39, 0.29) is 0 Å². The molecule has 2 aliphatic rings. The van der Waals surface area contributed by atoms with Gasteiger partial charge in [0.15, 0.2) is 36.6 Å². The van der Waals surface area contributed by atoms with Crippen molar-refractivity contribution >= 4 is 47.8 Å². The Morgan fingerprint density at radius 1 is 0.383 bits per heavy atom. The van der Waals surface area contributed by atoms with E-state index in [2.05, 4.69) is 0 Å². The predicted octanol–water partition coefficient (Wildman–Crippen LogP) is -0.831. The fourth-order valence-electron chi connectivity index (χ4n) is 4.73. The molecule has 0 saturated carbocycles. The molecule has 0 amide bonds. The summed E-state index contributed by atoms with van der Waals surface area (Å²) in [5.74, 6) is -6.98. The fourth-order valence-corrected chi connectivity index (χ4v) is 4.73. The second kappa shape index (κ2) is 17.5. The number of carbonyl (C=O) groups excluding carboxylic acids is 8. The van der Waals surface area contributed by atoms with Gasteiger partial charge in [0.1, 0.15) is 25.4 Å². The van der Waals surface area contributed by atoms with E-state index in [0.717, 1.165) is 55.4 Å². The van der Waals surface area contributed by atoms with E-state index in [1.807, 2.05) is 0 Å². The van der Waals surface area contributed by atoms with E-state index in [1.165, 1.54) is 0 Å². The maximum absolute atomic E-state index is 12.2. The molecule has 0 unspecified atom stereocenters. The highest BCUT2D eigenvalue weighted by Crippen LogP contribution is 2.35. The second-order valence-corrected chi connectivity index (χ2v) is 10.3. The molecule has 0 aliphatic carbocycles. The first-order valence-corrected chi connectivity index (χ1v) is 14.2. The molecule has 0 aromatic carbocycles. The van der Waals surface area contributed by atoms with Crippen LogP contribution >= 0.6 is 0 Å². The molecule has 0 bridgehead atoms. The van der Waals surface area contributed by atoms with Crippen molar-refractivity contribution in [2.24, 2.45) is 0 Å². The molecule has 0 aromatic rings. The highest BCUT2D eigenvalue weighted by molar-refractivity contribution is 5.70. The lowest BCUT2D eigenvalue weighted by Gasteiger charge is -2.48. The Morgan fingerprint density at radius 3 is 0.894 bits per heavy atom. The third kappa shape index (κ3) is 12.1. The van der Waals surface area contributed by atoms with Crippen molar-refractivity contribution in [2.75, 3.05) is 13.2 Å². The number of hydrogen-bond acceptors (Lipinski definition) is 19. The quantitative estimate of drug-likeness (QED) is 0.181. The molecule has 0 N–H and O–H groups in total. The van der Waals surface area contributed by atoms with Gasteiger partial charge in [-0.2, -0.15) is 0 Å². The molecule has 0 radical (unpaired) electrons. The average Bonchev–Trinajstić information content (AvgIpc) is 2.91. The lowest BCUT2D eigenvalue weighted by atomic mass is 9.96. The number of carbonyl (C=O) groups is 8. The van der Waals surface area contributed by atoms with Gasteiger partial charge in [0.25, 0.3) is 0 Å². The summed E-state index contributed by atoms with van der Waals surface area (Å²) >= 11 is 0. The number of esters is 8. The second-order valence-electron chi connectivity index (χ2n) is 10.3. The van der Waals surface area contributed by atoms with Crippen molar-refractivity contribution in [3.8, 4) is 0 Å². The Hall–Kier alpha value is -4.36. The van der Waals surface area contributed by atoms with Crippen molar-refractivity contribution in [3.63, 3.8) is 0 Å². The zero-order chi connectivity index (χ0) is 35.6. The van der Waals surface area contributed by atoms with Gasteiger partial charge in [-0.1, -0.05) is 0 Å². The number of ether oxygens (including phenoxy) is 11. The van der Waals surface area contributed by atoms with Gasteiger partial charge < -0.3 is 52.1 Å². The van der Waals surface area contributed by atoms with E-state index >= 15 is 0 Å². The van der Waals surface area contributed by atoms with Crippen LogP contribution in [-0.4, -0.2) is 122 Å². The van der Waals surface area contributed by atoms with Crippen molar-refractivity contribution < 1.29 is 90.5 Å². The molecular weight excluding hydrogens is 640 g/mol. The minimum atomic E-state index is -1.84. The minimum absolute atomic E-state index is 0.587. The Balaban J connectivity index is 2.69. The van der Waals surface area contributed by atoms with Crippen molar-refractivity contribution in [1.82, 2.24) is 0 Å². The average molecular weight is 679 g/mol. The number of rotatable bonds is 12. The topological polar surface area (TPSA) is 238 Å². The maximum atomic E-state index is 12.2. The molecular formula is C28H38O19. The summed E-state index contributed by atoms with van der Waals surface area (Å²) in [5, 5.41) is 0. The molecule has 0 aromatic heterocycles. The zero-order valence-electron chi connectivity index (χ0n) is 26.9. The standard InChI is InChI=1S/C28H38O19/c1-11(29)37-9-19-21(39-13(3)31)23(41-15(5)33)25(43-17(7)35)27(45-19)47-28-26(44-18(8)36)24(42-16(6)34)22(40-14(4)32)20(46-28)10-38-12(2)30/h19-28H,9-10H2,1-8H3/t19-,20+,21-,22+,23+,24-,25-,26+,27-,28+. The molecule has 2 heterocycles. The van der Waals surface area contributed by atoms with Gasteiger partial charge in [-0.25, -0.2) is 0 Å². The number of hydrogen-bond donors (Lipinski definition) is 0. The van der Waals surface area contributed by atoms with Gasteiger partial charge in [0.2, 0.25) is 12.6 Å². The molecule has 2 aliphatic heterocycles. The Kier molecular flexibility index (Phi) is 14.5. The van der Waals surface area contributed by atoms with Gasteiger partial charge in [-0.3, -0.25) is 38.4 Å². The summed E-state index contributed by atoms with van der Waals surface area (Å²) in [6, 6.07) is 0. The van der Waals surface area contributed by atoms with Crippen LogP contribution in [-0.2, 0) is 90.5 Å². The fraction of sp³-hybridized carbons (Fsp3) is 0.714. The minimum Gasteiger partial charge on any atom is -0.463 e. The Labute approximate surface area is 268 Å². The van der Waals surface area contributed by atoms with Crippen LogP contribution in [0.25, 0.3) is 0 Å². The van der Waals surface area contributed by atoms with Crippen LogP contribution in [0.15, 0.2) is 0 Å². The van der Waals surface area contributed by atoms with Crippen molar-refractivity contribution in [2.45, 2.75) is 117 Å². The van der Waals surface area contributed by atoms with Crippen molar-refractivity contribution in [3.05, 3.63) is 0 Å². The lowest BCUT2D eigenvalue weighted by molar-refractivity contribution is -0.377. The molecule has 264 valence electrons. The third-order valence-corrected chi connectivity index (χ3v) is 6.16. The summed E-state index contributed by atoms with van der Waals surface area (Å²) in [5.41, 5.74) is 0. The molecule has 10 atom stereocenters. The van der Waals surface area contributed by atoms with Crippen LogP contribution in [0.5, 0.6) is 0 Å². The van der Waals surface area contributed by atoms with E-state index < -0.39 is 122 Å². The molecule has 2 rings (SSSR count). The van der Waals surface area contributed by atoms with E-state index in [9.17, 15) is 38.4 Å². The molecule has 2 fully saturated rings. The summed E-state index contributed by atoms with van der Waals surface area (Å²) in [7, 11) is 0. The van der Waals surface area contributed by atoms with Gasteiger partial charge in [0, 0.05) is 55.4 Å². The summed E-state index contributed by atoms with van der Waals surface area (Å²) in [4.78, 5) is 96.2. The molecule has 47 heavy (non-hydrogen) atoms. The first-order valence-electron chi connectivity index (χ1n) is 14.2.